The smallest absolute Gasteiger partial charge is 0.415 e. The molecule has 0 unspecified atom stereocenters. The van der Waals surface area contributed by atoms with Gasteiger partial charge in [-0.15, -0.1) is 25.3 Å². The lowest BCUT2D eigenvalue weighted by atomic mass is 10.3. The van der Waals surface area contributed by atoms with Crippen molar-refractivity contribution in [1.29, 1.82) is 0 Å². The molecule has 0 saturated heterocycles. The number of hydrogen-bond acceptors (Lipinski definition) is 5. The fourth-order valence-electron chi connectivity index (χ4n) is 1.44. The molecule has 0 saturated carbocycles. The van der Waals surface area contributed by atoms with Crippen molar-refractivity contribution in [2.75, 3.05) is 6.66 Å². The molecule has 3 nitrogen and oxygen atoms in total. The summed E-state index contributed by atoms with van der Waals surface area (Å²) in [7, 11) is -3.29. The SMILES string of the molecule is CP(=O)(Oc1ccccc1S)Oc1ccccc1S. The second-order valence-corrected chi connectivity index (χ2v) is 6.76. The van der Waals surface area contributed by atoms with Gasteiger partial charge in [0.15, 0.2) is 0 Å². The quantitative estimate of drug-likeness (QED) is 0.642. The van der Waals surface area contributed by atoms with Crippen LogP contribution in [-0.2, 0) is 4.57 Å². The monoisotopic (exact) mass is 312 g/mol. The lowest BCUT2D eigenvalue weighted by molar-refractivity contribution is 0.387. The van der Waals surface area contributed by atoms with E-state index >= 15 is 0 Å². The van der Waals surface area contributed by atoms with E-state index in [9.17, 15) is 4.57 Å². The Morgan fingerprint density at radius 3 is 1.58 bits per heavy atom. The first-order valence-electron chi connectivity index (χ1n) is 5.51. The van der Waals surface area contributed by atoms with Gasteiger partial charge in [0.05, 0.1) is 6.66 Å². The Morgan fingerprint density at radius 1 is 0.842 bits per heavy atom. The van der Waals surface area contributed by atoms with Crippen LogP contribution in [0.1, 0.15) is 0 Å². The molecule has 0 amide bonds. The Kier molecular flexibility index (Phi) is 4.50. The molecular formula is C13H13O3PS2. The molecule has 0 fully saturated rings. The third-order valence-electron chi connectivity index (χ3n) is 2.26. The largest absolute Gasteiger partial charge is 0.427 e. The van der Waals surface area contributed by atoms with E-state index in [1.54, 1.807) is 36.4 Å². The van der Waals surface area contributed by atoms with Crippen LogP contribution in [0.5, 0.6) is 11.5 Å². The van der Waals surface area contributed by atoms with Crippen LogP contribution in [0.2, 0.25) is 0 Å². The van der Waals surface area contributed by atoms with Crippen molar-refractivity contribution in [3.8, 4) is 11.5 Å². The standard InChI is InChI=1S/C13H13O3PS2/c1-17(14,15-10-6-2-4-8-12(10)18)16-11-7-3-5-9-13(11)19/h2-9,18-19H,1H3. The van der Waals surface area contributed by atoms with E-state index in [1.807, 2.05) is 12.1 Å². The number of hydrogen-bond donors (Lipinski definition) is 2. The van der Waals surface area contributed by atoms with E-state index in [1.165, 1.54) is 6.66 Å². The predicted molar refractivity (Wildman–Crippen MR) is 82.2 cm³/mol. The van der Waals surface area contributed by atoms with Gasteiger partial charge in [0, 0.05) is 9.79 Å². The summed E-state index contributed by atoms with van der Waals surface area (Å²) < 4.78 is 23.2. The molecule has 0 aliphatic heterocycles. The summed E-state index contributed by atoms with van der Waals surface area (Å²) in [6, 6.07) is 14.1. The van der Waals surface area contributed by atoms with Gasteiger partial charge < -0.3 is 9.05 Å². The summed E-state index contributed by atoms with van der Waals surface area (Å²) in [5.74, 6) is 0.849. The molecule has 0 heterocycles. The highest BCUT2D eigenvalue weighted by molar-refractivity contribution is 7.80. The molecule has 0 aliphatic carbocycles. The Labute approximate surface area is 123 Å². The first kappa shape index (κ1) is 14.4. The Balaban J connectivity index is 2.18. The third-order valence-corrected chi connectivity index (χ3v) is 4.05. The zero-order valence-corrected chi connectivity index (χ0v) is 12.9. The lowest BCUT2D eigenvalue weighted by Gasteiger charge is -2.17. The van der Waals surface area contributed by atoms with Gasteiger partial charge in [0.2, 0.25) is 0 Å². The minimum atomic E-state index is -3.29. The van der Waals surface area contributed by atoms with Gasteiger partial charge in [-0.2, -0.15) is 0 Å². The van der Waals surface area contributed by atoms with Crippen molar-refractivity contribution in [1.82, 2.24) is 0 Å². The van der Waals surface area contributed by atoms with Crippen LogP contribution in [0.4, 0.5) is 0 Å². The van der Waals surface area contributed by atoms with E-state index in [0.717, 1.165) is 0 Å². The van der Waals surface area contributed by atoms with Crippen molar-refractivity contribution < 1.29 is 13.6 Å². The van der Waals surface area contributed by atoms with Crippen molar-refractivity contribution >= 4 is 32.9 Å². The van der Waals surface area contributed by atoms with Crippen LogP contribution in [0.3, 0.4) is 0 Å². The maximum atomic E-state index is 12.3. The minimum Gasteiger partial charge on any atom is -0.415 e. The fraction of sp³-hybridized carbons (Fsp3) is 0.0769. The van der Waals surface area contributed by atoms with E-state index in [0.29, 0.717) is 21.3 Å². The van der Waals surface area contributed by atoms with E-state index in [4.69, 9.17) is 9.05 Å². The first-order chi connectivity index (χ1) is 8.98. The lowest BCUT2D eigenvalue weighted by Crippen LogP contribution is -2.00. The van der Waals surface area contributed by atoms with Crippen molar-refractivity contribution in [3.63, 3.8) is 0 Å². The molecule has 2 aromatic carbocycles. The Morgan fingerprint density at radius 2 is 1.21 bits per heavy atom. The van der Waals surface area contributed by atoms with Crippen molar-refractivity contribution in [2.45, 2.75) is 9.79 Å². The highest BCUT2D eigenvalue weighted by atomic mass is 32.1. The molecule has 100 valence electrons. The summed E-state index contributed by atoms with van der Waals surface area (Å²) in [6.45, 7) is 1.41. The van der Waals surface area contributed by atoms with Crippen LogP contribution >= 0.6 is 32.9 Å². The maximum absolute atomic E-state index is 12.3. The molecule has 0 spiro atoms. The highest BCUT2D eigenvalue weighted by Crippen LogP contribution is 2.47. The number of thiol groups is 2. The Hall–Kier alpha value is -1.03. The van der Waals surface area contributed by atoms with Gasteiger partial charge in [-0.3, -0.25) is 0 Å². The maximum Gasteiger partial charge on any atom is 0.427 e. The molecule has 2 rings (SSSR count). The topological polar surface area (TPSA) is 35.5 Å². The average Bonchev–Trinajstić information content (AvgIpc) is 2.35. The van der Waals surface area contributed by atoms with Crippen LogP contribution in [0, 0.1) is 0 Å². The molecule has 6 heteroatoms. The summed E-state index contributed by atoms with van der Waals surface area (Å²) in [5.41, 5.74) is 0. The summed E-state index contributed by atoms with van der Waals surface area (Å²) in [6.07, 6.45) is 0. The van der Waals surface area contributed by atoms with E-state index < -0.39 is 7.60 Å². The molecule has 0 aliphatic rings. The van der Waals surface area contributed by atoms with Gasteiger partial charge >= 0.3 is 7.60 Å². The van der Waals surface area contributed by atoms with Crippen LogP contribution in [0.25, 0.3) is 0 Å². The van der Waals surface area contributed by atoms with Gasteiger partial charge in [0.25, 0.3) is 0 Å². The second kappa shape index (κ2) is 5.95. The molecule has 0 N–H and O–H groups in total. The Bertz CT molecular complexity index is 579. The van der Waals surface area contributed by atoms with Crippen LogP contribution in [-0.4, -0.2) is 6.66 Å². The molecule has 0 atom stereocenters. The number of benzene rings is 2. The normalized spacial score (nSPS) is 11.1. The zero-order chi connectivity index (χ0) is 13.9. The molecule has 0 aromatic heterocycles. The van der Waals surface area contributed by atoms with Crippen LogP contribution < -0.4 is 9.05 Å². The first-order valence-corrected chi connectivity index (χ1v) is 8.39. The molecule has 2 aromatic rings. The predicted octanol–water partition coefficient (Wildman–Crippen LogP) is 4.54. The van der Waals surface area contributed by atoms with Gasteiger partial charge in [-0.1, -0.05) is 24.3 Å². The summed E-state index contributed by atoms with van der Waals surface area (Å²) in [4.78, 5) is 1.21. The zero-order valence-electron chi connectivity index (χ0n) is 10.2. The van der Waals surface area contributed by atoms with E-state index in [-0.39, 0.29) is 0 Å². The molecule has 0 radical (unpaired) electrons. The van der Waals surface area contributed by atoms with Crippen molar-refractivity contribution in [2.24, 2.45) is 0 Å². The summed E-state index contributed by atoms with van der Waals surface area (Å²) in [5, 5.41) is 0. The average molecular weight is 312 g/mol. The van der Waals surface area contributed by atoms with Gasteiger partial charge in [-0.05, 0) is 24.3 Å². The van der Waals surface area contributed by atoms with E-state index in [2.05, 4.69) is 25.3 Å². The second-order valence-electron chi connectivity index (χ2n) is 3.89. The number of rotatable bonds is 4. The third kappa shape index (κ3) is 3.96. The highest BCUT2D eigenvalue weighted by Gasteiger charge is 2.22. The van der Waals surface area contributed by atoms with Crippen LogP contribution in [0.15, 0.2) is 58.3 Å². The molecule has 19 heavy (non-hydrogen) atoms. The van der Waals surface area contributed by atoms with Gasteiger partial charge in [-0.25, -0.2) is 4.57 Å². The fourth-order valence-corrected chi connectivity index (χ4v) is 3.07. The minimum absolute atomic E-state index is 0.424. The molecular weight excluding hydrogens is 299 g/mol. The molecule has 0 bridgehead atoms. The van der Waals surface area contributed by atoms with Crippen molar-refractivity contribution in [3.05, 3.63) is 48.5 Å². The summed E-state index contributed by atoms with van der Waals surface area (Å²) >= 11 is 8.48. The van der Waals surface area contributed by atoms with Gasteiger partial charge in [0.1, 0.15) is 11.5 Å². The number of para-hydroxylation sites is 2.